The minimum atomic E-state index is -0.257. The van der Waals surface area contributed by atoms with Gasteiger partial charge in [-0.1, -0.05) is 58.5 Å². The van der Waals surface area contributed by atoms with Gasteiger partial charge in [0.1, 0.15) is 11.5 Å². The van der Waals surface area contributed by atoms with Gasteiger partial charge >= 0.3 is 0 Å². The molecule has 0 aliphatic rings. The highest BCUT2D eigenvalue weighted by atomic mass is 35.5. The van der Waals surface area contributed by atoms with Crippen molar-refractivity contribution in [3.05, 3.63) is 79.9 Å². The number of carbonyl (C=O) groups excluding carboxylic acids is 1. The number of rotatable bonds is 5. The molecule has 1 aromatic heterocycles. The zero-order chi connectivity index (χ0) is 19.4. The number of nitrogens with zero attached hydrogens (tertiary/aromatic N) is 1. The van der Waals surface area contributed by atoms with Crippen LogP contribution in [0.25, 0.3) is 11.3 Å². The molecule has 0 saturated carbocycles. The van der Waals surface area contributed by atoms with Crippen LogP contribution in [0.4, 0.5) is 0 Å². The van der Waals surface area contributed by atoms with Crippen molar-refractivity contribution in [2.45, 2.75) is 6.42 Å². The summed E-state index contributed by atoms with van der Waals surface area (Å²) in [7, 11) is 0. The minimum absolute atomic E-state index is 0.191. The Morgan fingerprint density at radius 3 is 2.41 bits per heavy atom. The molecule has 4 nitrogen and oxygen atoms in total. The first-order chi connectivity index (χ1) is 12.9. The van der Waals surface area contributed by atoms with Gasteiger partial charge in [0.25, 0.3) is 0 Å². The number of benzene rings is 2. The first-order valence-corrected chi connectivity index (χ1v) is 9.24. The van der Waals surface area contributed by atoms with Gasteiger partial charge in [-0.3, -0.25) is 4.79 Å². The molecule has 1 amide bonds. The second-order valence-electron chi connectivity index (χ2n) is 5.54. The van der Waals surface area contributed by atoms with E-state index in [0.717, 1.165) is 5.56 Å². The van der Waals surface area contributed by atoms with Crippen molar-refractivity contribution in [2.24, 2.45) is 5.10 Å². The van der Waals surface area contributed by atoms with Gasteiger partial charge in [-0.25, -0.2) is 5.43 Å². The summed E-state index contributed by atoms with van der Waals surface area (Å²) in [6, 6.07) is 13.6. The standard InChI is InChI=1S/C19H12Cl4N2O2/c20-12-3-1-11(2-4-12)7-19(26)25-24-10-13-5-6-18(27-13)14-8-16(22)17(23)9-15(14)21/h1-6,8-10H,7H2,(H,25,26)/b24-10+. The Morgan fingerprint density at radius 1 is 0.963 bits per heavy atom. The van der Waals surface area contributed by atoms with Crippen molar-refractivity contribution in [2.75, 3.05) is 0 Å². The van der Waals surface area contributed by atoms with Gasteiger partial charge in [0.2, 0.25) is 5.91 Å². The van der Waals surface area contributed by atoms with Crippen molar-refractivity contribution in [3.8, 4) is 11.3 Å². The fraction of sp³-hybridized carbons (Fsp3) is 0.0526. The molecule has 138 valence electrons. The minimum Gasteiger partial charge on any atom is -0.455 e. The van der Waals surface area contributed by atoms with Crippen molar-refractivity contribution >= 4 is 58.5 Å². The Bertz CT molecular complexity index is 997. The topological polar surface area (TPSA) is 54.6 Å². The van der Waals surface area contributed by atoms with E-state index < -0.39 is 0 Å². The van der Waals surface area contributed by atoms with Crippen LogP contribution < -0.4 is 5.43 Å². The molecule has 0 atom stereocenters. The van der Waals surface area contributed by atoms with Gasteiger partial charge in [0, 0.05) is 10.6 Å². The van der Waals surface area contributed by atoms with Crippen LogP contribution in [0.5, 0.6) is 0 Å². The fourth-order valence-electron chi connectivity index (χ4n) is 2.27. The Hall–Kier alpha value is -1.98. The summed E-state index contributed by atoms with van der Waals surface area (Å²) in [5, 5.41) is 5.66. The summed E-state index contributed by atoms with van der Waals surface area (Å²) >= 11 is 23.9. The molecule has 0 aliphatic carbocycles. The van der Waals surface area contributed by atoms with Crippen LogP contribution in [0, 0.1) is 0 Å². The number of furan rings is 1. The maximum atomic E-state index is 11.9. The Balaban J connectivity index is 1.63. The highest BCUT2D eigenvalue weighted by Gasteiger charge is 2.11. The van der Waals surface area contributed by atoms with Crippen molar-refractivity contribution in [3.63, 3.8) is 0 Å². The summed E-state index contributed by atoms with van der Waals surface area (Å²) in [6.45, 7) is 0. The highest BCUT2D eigenvalue weighted by Crippen LogP contribution is 2.35. The van der Waals surface area contributed by atoms with E-state index in [1.165, 1.54) is 6.21 Å². The zero-order valence-electron chi connectivity index (χ0n) is 13.7. The van der Waals surface area contributed by atoms with E-state index in [4.69, 9.17) is 50.8 Å². The van der Waals surface area contributed by atoms with E-state index in [0.29, 0.717) is 37.2 Å². The number of hydrogen-bond acceptors (Lipinski definition) is 3. The maximum absolute atomic E-state index is 11.9. The molecule has 0 fully saturated rings. The molecule has 0 aliphatic heterocycles. The number of hydrazone groups is 1. The lowest BCUT2D eigenvalue weighted by Crippen LogP contribution is -2.19. The van der Waals surface area contributed by atoms with Crippen LogP contribution in [0.15, 0.2) is 58.0 Å². The second-order valence-corrected chi connectivity index (χ2v) is 7.20. The van der Waals surface area contributed by atoms with Crippen molar-refractivity contribution in [1.82, 2.24) is 5.43 Å². The molecule has 0 spiro atoms. The SMILES string of the molecule is O=C(Cc1ccc(Cl)cc1)N/N=C/c1ccc(-c2cc(Cl)c(Cl)cc2Cl)o1. The molecule has 2 aromatic carbocycles. The van der Waals surface area contributed by atoms with E-state index in [1.807, 2.05) is 0 Å². The molecule has 1 heterocycles. The lowest BCUT2D eigenvalue weighted by atomic mass is 10.1. The smallest absolute Gasteiger partial charge is 0.244 e. The summed E-state index contributed by atoms with van der Waals surface area (Å²) < 4.78 is 5.66. The van der Waals surface area contributed by atoms with Gasteiger partial charge in [-0.2, -0.15) is 5.10 Å². The summed E-state index contributed by atoms with van der Waals surface area (Å²) in [5.74, 6) is 0.694. The highest BCUT2D eigenvalue weighted by molar-refractivity contribution is 6.44. The predicted molar refractivity (Wildman–Crippen MR) is 110 cm³/mol. The Labute approximate surface area is 175 Å². The largest absolute Gasteiger partial charge is 0.455 e. The molecular formula is C19H12Cl4N2O2. The molecule has 0 radical (unpaired) electrons. The summed E-state index contributed by atoms with van der Waals surface area (Å²) in [6.07, 6.45) is 1.59. The molecule has 3 rings (SSSR count). The third kappa shape index (κ3) is 5.27. The number of hydrogen-bond donors (Lipinski definition) is 1. The third-order valence-electron chi connectivity index (χ3n) is 3.56. The molecule has 3 aromatic rings. The van der Waals surface area contributed by atoms with Crippen LogP contribution >= 0.6 is 46.4 Å². The molecule has 0 saturated heterocycles. The molecule has 1 N–H and O–H groups in total. The van der Waals surface area contributed by atoms with E-state index in [1.54, 1.807) is 48.5 Å². The molecule has 27 heavy (non-hydrogen) atoms. The van der Waals surface area contributed by atoms with Crippen molar-refractivity contribution < 1.29 is 9.21 Å². The Morgan fingerprint density at radius 2 is 1.67 bits per heavy atom. The third-order valence-corrected chi connectivity index (χ3v) is 4.85. The van der Waals surface area contributed by atoms with Gasteiger partial charge < -0.3 is 4.42 Å². The monoisotopic (exact) mass is 440 g/mol. The fourth-order valence-corrected chi connectivity index (χ4v) is 3.04. The predicted octanol–water partition coefficient (Wildman–Crippen LogP) is 6.25. The maximum Gasteiger partial charge on any atom is 0.244 e. The van der Waals surface area contributed by atoms with Crippen LogP contribution in [0.2, 0.25) is 20.1 Å². The first kappa shape index (κ1) is 19.8. The van der Waals surface area contributed by atoms with Crippen LogP contribution in [-0.2, 0) is 11.2 Å². The second kappa shape index (κ2) is 8.81. The molecule has 0 bridgehead atoms. The Kier molecular flexibility index (Phi) is 6.45. The molecule has 0 unspecified atom stereocenters. The van der Waals surface area contributed by atoms with Gasteiger partial charge in [-0.05, 0) is 42.0 Å². The van der Waals surface area contributed by atoms with Gasteiger partial charge in [-0.15, -0.1) is 0 Å². The number of halogens is 4. The number of amides is 1. The lowest BCUT2D eigenvalue weighted by Gasteiger charge is -2.03. The summed E-state index contributed by atoms with van der Waals surface area (Å²) in [5.41, 5.74) is 3.89. The lowest BCUT2D eigenvalue weighted by molar-refractivity contribution is -0.120. The van der Waals surface area contributed by atoms with Gasteiger partial charge in [0.05, 0.1) is 27.7 Å². The average molecular weight is 442 g/mol. The number of carbonyl (C=O) groups is 1. The normalized spacial score (nSPS) is 11.1. The molecular weight excluding hydrogens is 430 g/mol. The van der Waals surface area contributed by atoms with Crippen LogP contribution in [0.1, 0.15) is 11.3 Å². The quantitative estimate of drug-likeness (QED) is 0.289. The van der Waals surface area contributed by atoms with Crippen LogP contribution in [-0.4, -0.2) is 12.1 Å². The van der Waals surface area contributed by atoms with Crippen molar-refractivity contribution in [1.29, 1.82) is 0 Å². The van der Waals surface area contributed by atoms with Crippen LogP contribution in [0.3, 0.4) is 0 Å². The number of nitrogens with one attached hydrogen (secondary N) is 1. The summed E-state index contributed by atoms with van der Waals surface area (Å²) in [4.78, 5) is 11.9. The zero-order valence-corrected chi connectivity index (χ0v) is 16.7. The first-order valence-electron chi connectivity index (χ1n) is 7.73. The average Bonchev–Trinajstić information content (AvgIpc) is 3.09. The van der Waals surface area contributed by atoms with E-state index >= 15 is 0 Å². The van der Waals surface area contributed by atoms with E-state index in [-0.39, 0.29) is 12.3 Å². The van der Waals surface area contributed by atoms with E-state index in [9.17, 15) is 4.79 Å². The van der Waals surface area contributed by atoms with Gasteiger partial charge in [0.15, 0.2) is 0 Å². The van der Waals surface area contributed by atoms with E-state index in [2.05, 4.69) is 10.5 Å². The molecule has 8 heteroatoms.